The number of nitrogens with zero attached hydrogens (tertiary/aromatic N) is 1. The number of fused-ring (bicyclic) bond motifs is 2. The molecule has 2 fully saturated rings. The van der Waals surface area contributed by atoms with Crippen LogP contribution in [-0.2, 0) is 16.8 Å². The van der Waals surface area contributed by atoms with Crippen molar-refractivity contribution in [2.75, 3.05) is 32.8 Å². The van der Waals surface area contributed by atoms with E-state index in [1.54, 1.807) is 0 Å². The van der Waals surface area contributed by atoms with Gasteiger partial charge in [0.25, 0.3) is 11.8 Å². The molecule has 1 N–H and O–H groups in total. The highest BCUT2D eigenvalue weighted by molar-refractivity contribution is 7.14. The first-order valence-electron chi connectivity index (χ1n) is 8.64. The number of hydrogen-bond donors (Lipinski definition) is 1. The fourth-order valence-electron chi connectivity index (χ4n) is 4.06. The van der Waals surface area contributed by atoms with Gasteiger partial charge in [-0.1, -0.05) is 0 Å². The first-order valence-corrected chi connectivity index (χ1v) is 9.46. The summed E-state index contributed by atoms with van der Waals surface area (Å²) in [6.45, 7) is 2.43. The van der Waals surface area contributed by atoms with Crippen LogP contribution in [0.25, 0.3) is 0 Å². The highest BCUT2D eigenvalue weighted by atomic mass is 32.1. The molecule has 0 bridgehead atoms. The fraction of sp³-hybridized carbons (Fsp3) is 0.706. The number of nitrogens with one attached hydrogen (secondary N) is 1. The summed E-state index contributed by atoms with van der Waals surface area (Å²) in [4.78, 5) is 15.8. The van der Waals surface area contributed by atoms with Crippen LogP contribution in [0.1, 0.15) is 45.8 Å². The normalized spacial score (nSPS) is 25.5. The third kappa shape index (κ3) is 2.86. The summed E-state index contributed by atoms with van der Waals surface area (Å²) in [5.74, 6) is -3.01. The Morgan fingerprint density at radius 1 is 1.29 bits per heavy atom. The first-order chi connectivity index (χ1) is 11.5. The molecule has 0 radical (unpaired) electrons. The summed E-state index contributed by atoms with van der Waals surface area (Å²) in [7, 11) is 0. The van der Waals surface area contributed by atoms with Crippen LogP contribution in [0.5, 0.6) is 0 Å². The molecular formula is C17H22F2N2O2S. The predicted octanol–water partition coefficient (Wildman–Crippen LogP) is 2.77. The molecule has 2 saturated heterocycles. The summed E-state index contributed by atoms with van der Waals surface area (Å²) in [6.07, 6.45) is 2.83. The number of alkyl halides is 2. The average molecular weight is 356 g/mol. The Bertz CT molecular complexity index is 641. The number of carbonyl (C=O) groups is 1. The smallest absolute Gasteiger partial charge is 0.265 e. The topological polar surface area (TPSA) is 41.6 Å². The van der Waals surface area contributed by atoms with E-state index >= 15 is 0 Å². The maximum atomic E-state index is 13.6. The van der Waals surface area contributed by atoms with E-state index in [1.165, 1.54) is 21.1 Å². The summed E-state index contributed by atoms with van der Waals surface area (Å²) in [5, 5.41) is 3.34. The molecule has 0 unspecified atom stereocenters. The lowest BCUT2D eigenvalue weighted by Crippen LogP contribution is -2.45. The first kappa shape index (κ1) is 16.4. The molecule has 0 aromatic carbocycles. The van der Waals surface area contributed by atoms with Gasteiger partial charge < -0.3 is 15.0 Å². The minimum Gasteiger partial charge on any atom is -0.370 e. The minimum atomic E-state index is -2.76. The molecule has 0 aliphatic carbocycles. The van der Waals surface area contributed by atoms with Gasteiger partial charge in [-0.15, -0.1) is 11.3 Å². The zero-order valence-electron chi connectivity index (χ0n) is 13.6. The third-order valence-corrected chi connectivity index (χ3v) is 6.49. The highest BCUT2D eigenvalue weighted by Gasteiger charge is 2.42. The van der Waals surface area contributed by atoms with Crippen molar-refractivity contribution in [1.82, 2.24) is 10.2 Å². The van der Waals surface area contributed by atoms with E-state index in [4.69, 9.17) is 4.74 Å². The molecule has 4 heterocycles. The molecular weight excluding hydrogens is 334 g/mol. The second kappa shape index (κ2) is 6.04. The van der Waals surface area contributed by atoms with Crippen molar-refractivity contribution in [2.45, 2.75) is 43.6 Å². The van der Waals surface area contributed by atoms with Gasteiger partial charge in [0, 0.05) is 24.3 Å². The fourth-order valence-corrected chi connectivity index (χ4v) is 5.26. The van der Waals surface area contributed by atoms with Crippen LogP contribution < -0.4 is 5.32 Å². The molecule has 0 atom stereocenters. The number of likely N-dealkylation sites (tertiary alicyclic amines) is 1. The predicted molar refractivity (Wildman–Crippen MR) is 87.8 cm³/mol. The molecule has 7 heteroatoms. The molecule has 3 aliphatic heterocycles. The molecule has 24 heavy (non-hydrogen) atoms. The Hall–Kier alpha value is -1.05. The minimum absolute atomic E-state index is 0.123. The van der Waals surface area contributed by atoms with Crippen LogP contribution in [0, 0.1) is 0 Å². The Balaban J connectivity index is 1.60. The number of piperidine rings is 2. The van der Waals surface area contributed by atoms with Crippen molar-refractivity contribution in [3.05, 3.63) is 21.4 Å². The highest BCUT2D eigenvalue weighted by Crippen LogP contribution is 2.44. The molecule has 1 aromatic heterocycles. The van der Waals surface area contributed by atoms with Crippen LogP contribution in [0.15, 0.2) is 6.07 Å². The van der Waals surface area contributed by atoms with E-state index < -0.39 is 12.5 Å². The summed E-state index contributed by atoms with van der Waals surface area (Å²) >= 11 is 1.47. The van der Waals surface area contributed by atoms with E-state index in [0.717, 1.165) is 37.9 Å². The average Bonchev–Trinajstić information content (AvgIpc) is 3.00. The van der Waals surface area contributed by atoms with E-state index in [0.29, 0.717) is 24.4 Å². The number of amides is 1. The summed E-state index contributed by atoms with van der Waals surface area (Å²) in [6, 6.07) is 1.92. The van der Waals surface area contributed by atoms with Gasteiger partial charge in [0.05, 0.1) is 23.6 Å². The van der Waals surface area contributed by atoms with Gasteiger partial charge in [0.2, 0.25) is 0 Å². The largest absolute Gasteiger partial charge is 0.370 e. The second-order valence-corrected chi connectivity index (χ2v) is 8.11. The van der Waals surface area contributed by atoms with Gasteiger partial charge in [-0.3, -0.25) is 4.79 Å². The molecule has 1 spiro atoms. The van der Waals surface area contributed by atoms with Crippen molar-refractivity contribution in [3.8, 4) is 0 Å². The van der Waals surface area contributed by atoms with Gasteiger partial charge in [0.1, 0.15) is 0 Å². The van der Waals surface area contributed by atoms with Crippen molar-refractivity contribution in [2.24, 2.45) is 0 Å². The Morgan fingerprint density at radius 2 is 2.08 bits per heavy atom. The lowest BCUT2D eigenvalue weighted by molar-refractivity contribution is -0.0793. The lowest BCUT2D eigenvalue weighted by atomic mass is 9.83. The molecule has 132 valence electrons. The van der Waals surface area contributed by atoms with Gasteiger partial charge in [-0.25, -0.2) is 8.78 Å². The monoisotopic (exact) mass is 356 g/mol. The zero-order valence-corrected chi connectivity index (χ0v) is 14.4. The maximum Gasteiger partial charge on any atom is 0.265 e. The Morgan fingerprint density at radius 3 is 2.83 bits per heavy atom. The van der Waals surface area contributed by atoms with Crippen molar-refractivity contribution in [1.29, 1.82) is 0 Å². The summed E-state index contributed by atoms with van der Waals surface area (Å²) < 4.78 is 33.4. The summed E-state index contributed by atoms with van der Waals surface area (Å²) in [5.41, 5.74) is 0.826. The SMILES string of the molecule is O=C(c1cc2c(s1)CCOC21CCNCC1)N1CCCC(F)(F)C1. The number of ether oxygens (including phenoxy) is 1. The van der Waals surface area contributed by atoms with Gasteiger partial charge in [0.15, 0.2) is 0 Å². The van der Waals surface area contributed by atoms with Crippen molar-refractivity contribution >= 4 is 17.2 Å². The van der Waals surface area contributed by atoms with Crippen LogP contribution in [0.4, 0.5) is 8.78 Å². The van der Waals surface area contributed by atoms with E-state index in [-0.39, 0.29) is 17.9 Å². The Kier molecular flexibility index (Phi) is 4.13. The van der Waals surface area contributed by atoms with E-state index in [9.17, 15) is 13.6 Å². The van der Waals surface area contributed by atoms with Crippen molar-refractivity contribution in [3.63, 3.8) is 0 Å². The van der Waals surface area contributed by atoms with E-state index in [2.05, 4.69) is 5.32 Å². The third-order valence-electron chi connectivity index (χ3n) is 5.31. The van der Waals surface area contributed by atoms with Gasteiger partial charge in [-0.05, 0) is 44.0 Å². The number of thiophene rings is 1. The van der Waals surface area contributed by atoms with Gasteiger partial charge in [-0.2, -0.15) is 0 Å². The van der Waals surface area contributed by atoms with E-state index in [1.807, 2.05) is 6.07 Å². The van der Waals surface area contributed by atoms with Crippen LogP contribution in [0.2, 0.25) is 0 Å². The number of carbonyl (C=O) groups excluding carboxylic acids is 1. The quantitative estimate of drug-likeness (QED) is 0.841. The molecule has 4 rings (SSSR count). The number of rotatable bonds is 1. The standard InChI is InChI=1S/C17H22F2N2O2S/c18-17(19)3-1-8-21(11-17)15(22)14-10-12-13(24-14)2-9-23-16(12)4-6-20-7-5-16/h10,20H,1-9,11H2. The van der Waals surface area contributed by atoms with Gasteiger partial charge >= 0.3 is 0 Å². The molecule has 3 aliphatic rings. The zero-order chi connectivity index (χ0) is 16.8. The molecule has 1 aromatic rings. The molecule has 0 saturated carbocycles. The maximum absolute atomic E-state index is 13.6. The van der Waals surface area contributed by atoms with Crippen LogP contribution in [0.3, 0.4) is 0 Å². The Labute approximate surface area is 144 Å². The van der Waals surface area contributed by atoms with Crippen LogP contribution in [-0.4, -0.2) is 49.5 Å². The number of halogens is 2. The van der Waals surface area contributed by atoms with Crippen LogP contribution >= 0.6 is 11.3 Å². The second-order valence-electron chi connectivity index (χ2n) is 6.98. The lowest BCUT2D eigenvalue weighted by Gasteiger charge is -2.40. The molecule has 4 nitrogen and oxygen atoms in total. The number of hydrogen-bond acceptors (Lipinski definition) is 4. The molecule has 1 amide bonds. The van der Waals surface area contributed by atoms with Crippen molar-refractivity contribution < 1.29 is 18.3 Å².